The molecule has 1 amide bonds. The molecule has 0 aliphatic carbocycles. The normalized spacial score (nSPS) is 17.1. The average molecular weight is 490 g/mol. The number of carbonyl (C=O) groups is 2. The molecule has 1 atom stereocenters. The van der Waals surface area contributed by atoms with Gasteiger partial charge in [0.15, 0.2) is 5.17 Å². The Morgan fingerprint density at radius 2 is 1.89 bits per heavy atom. The van der Waals surface area contributed by atoms with Crippen LogP contribution in [0, 0.1) is 13.8 Å². The molecule has 2 aromatic rings. The van der Waals surface area contributed by atoms with E-state index < -0.39 is 6.04 Å². The second-order valence-corrected chi connectivity index (χ2v) is 9.71. The summed E-state index contributed by atoms with van der Waals surface area (Å²) in [5.41, 5.74) is 6.36. The first kappa shape index (κ1) is 24.8. The van der Waals surface area contributed by atoms with Crippen molar-refractivity contribution < 1.29 is 14.3 Å². The first-order valence-corrected chi connectivity index (χ1v) is 12.6. The van der Waals surface area contributed by atoms with Crippen molar-refractivity contribution in [2.75, 3.05) is 14.2 Å². The zero-order chi connectivity index (χ0) is 25.1. The Morgan fingerprint density at radius 1 is 1.14 bits per heavy atom. The largest absolute Gasteiger partial charge is 0.466 e. The summed E-state index contributed by atoms with van der Waals surface area (Å²) >= 11 is 1.50. The van der Waals surface area contributed by atoms with Crippen LogP contribution in [0.15, 0.2) is 75.9 Å². The van der Waals surface area contributed by atoms with E-state index in [-0.39, 0.29) is 18.3 Å². The average Bonchev–Trinajstić information content (AvgIpc) is 3.26. The number of amides is 1. The van der Waals surface area contributed by atoms with Gasteiger partial charge in [-0.2, -0.15) is 0 Å². The van der Waals surface area contributed by atoms with Crippen molar-refractivity contribution in [2.45, 2.75) is 46.2 Å². The number of hydrogen-bond acceptors (Lipinski definition) is 6. The minimum atomic E-state index is -0.404. The lowest BCUT2D eigenvalue weighted by Crippen LogP contribution is -2.38. The smallest absolute Gasteiger partial charge is 0.338 e. The lowest BCUT2D eigenvalue weighted by molar-refractivity contribution is -0.136. The third-order valence-corrected chi connectivity index (χ3v) is 7.27. The minimum absolute atomic E-state index is 0.00607. The molecule has 0 saturated heterocycles. The number of benzene rings is 2. The Balaban J connectivity index is 1.70. The van der Waals surface area contributed by atoms with Gasteiger partial charge in [-0.1, -0.05) is 72.8 Å². The van der Waals surface area contributed by atoms with Gasteiger partial charge in [0.05, 0.1) is 30.8 Å². The third kappa shape index (κ3) is 5.05. The SMILES string of the molecule is CCC1=C(C(=O)OC)[C@H](c2cc(C)ccc2C)N2C(CC(=O)N(C)Cc3ccccc3)=CSC2=N1. The van der Waals surface area contributed by atoms with Gasteiger partial charge in [0.2, 0.25) is 5.91 Å². The Hall–Kier alpha value is -3.32. The molecule has 7 heteroatoms. The van der Waals surface area contributed by atoms with E-state index in [1.54, 1.807) is 4.90 Å². The van der Waals surface area contributed by atoms with Crippen molar-refractivity contribution in [3.63, 3.8) is 0 Å². The molecule has 0 aromatic heterocycles. The van der Waals surface area contributed by atoms with Crippen LogP contribution in [0.25, 0.3) is 0 Å². The zero-order valence-corrected chi connectivity index (χ0v) is 21.7. The monoisotopic (exact) mass is 489 g/mol. The maximum absolute atomic E-state index is 13.2. The first-order valence-electron chi connectivity index (χ1n) is 11.7. The van der Waals surface area contributed by atoms with Crippen molar-refractivity contribution in [2.24, 2.45) is 4.99 Å². The molecule has 0 radical (unpaired) electrons. The summed E-state index contributed by atoms with van der Waals surface area (Å²) in [6, 6.07) is 15.8. The Kier molecular flexibility index (Phi) is 7.45. The fourth-order valence-corrected chi connectivity index (χ4v) is 5.43. The fraction of sp³-hybridized carbons (Fsp3) is 0.321. The number of aliphatic imine (C=N–C) groups is 1. The molecule has 35 heavy (non-hydrogen) atoms. The summed E-state index contributed by atoms with van der Waals surface area (Å²) < 4.78 is 5.22. The second-order valence-electron chi connectivity index (χ2n) is 8.87. The van der Waals surface area contributed by atoms with Crippen LogP contribution in [-0.2, 0) is 20.9 Å². The number of carbonyl (C=O) groups excluding carboxylic acids is 2. The van der Waals surface area contributed by atoms with Gasteiger partial charge in [-0.25, -0.2) is 9.79 Å². The number of allylic oxidation sites excluding steroid dienone is 1. The van der Waals surface area contributed by atoms with Gasteiger partial charge in [0.25, 0.3) is 0 Å². The molecule has 0 bridgehead atoms. The summed E-state index contributed by atoms with van der Waals surface area (Å²) in [6.45, 7) is 6.62. The molecule has 0 N–H and O–H groups in total. The molecule has 0 fully saturated rings. The van der Waals surface area contributed by atoms with Gasteiger partial charge >= 0.3 is 5.97 Å². The molecule has 0 spiro atoms. The molecule has 4 rings (SSSR count). The van der Waals surface area contributed by atoms with Crippen LogP contribution in [-0.4, -0.2) is 41.0 Å². The second kappa shape index (κ2) is 10.5. The lowest BCUT2D eigenvalue weighted by atomic mass is 9.89. The highest BCUT2D eigenvalue weighted by Gasteiger charge is 2.42. The van der Waals surface area contributed by atoms with Crippen LogP contribution in [0.3, 0.4) is 0 Å². The number of hydrogen-bond donors (Lipinski definition) is 0. The molecule has 2 aliphatic heterocycles. The van der Waals surface area contributed by atoms with Crippen LogP contribution in [0.2, 0.25) is 0 Å². The van der Waals surface area contributed by atoms with Crippen LogP contribution < -0.4 is 0 Å². The number of thioether (sulfide) groups is 1. The first-order chi connectivity index (χ1) is 16.8. The maximum Gasteiger partial charge on any atom is 0.338 e. The number of methoxy groups -OCH3 is 1. The van der Waals surface area contributed by atoms with E-state index in [0.29, 0.717) is 18.5 Å². The number of fused-ring (bicyclic) bond motifs is 1. The van der Waals surface area contributed by atoms with Crippen molar-refractivity contribution in [3.8, 4) is 0 Å². The van der Waals surface area contributed by atoms with E-state index >= 15 is 0 Å². The topological polar surface area (TPSA) is 62.2 Å². The highest BCUT2D eigenvalue weighted by molar-refractivity contribution is 8.16. The molecular formula is C28H31N3O3S. The Labute approximate surface area is 211 Å². The highest BCUT2D eigenvalue weighted by atomic mass is 32.2. The maximum atomic E-state index is 13.2. The van der Waals surface area contributed by atoms with Gasteiger partial charge in [-0.05, 0) is 42.4 Å². The third-order valence-electron chi connectivity index (χ3n) is 6.38. The number of amidine groups is 1. The van der Waals surface area contributed by atoms with Crippen molar-refractivity contribution >= 4 is 28.8 Å². The van der Waals surface area contributed by atoms with Crippen LogP contribution in [0.1, 0.15) is 48.1 Å². The van der Waals surface area contributed by atoms with Gasteiger partial charge < -0.3 is 14.5 Å². The van der Waals surface area contributed by atoms with Crippen LogP contribution >= 0.6 is 11.8 Å². The van der Waals surface area contributed by atoms with Crippen molar-refractivity contribution in [3.05, 3.63) is 93.2 Å². The van der Waals surface area contributed by atoms with Crippen molar-refractivity contribution in [1.82, 2.24) is 9.80 Å². The van der Waals surface area contributed by atoms with E-state index in [9.17, 15) is 9.59 Å². The van der Waals surface area contributed by atoms with E-state index in [4.69, 9.17) is 9.73 Å². The van der Waals surface area contributed by atoms with Gasteiger partial charge in [0, 0.05) is 19.3 Å². The van der Waals surface area contributed by atoms with Gasteiger partial charge in [0.1, 0.15) is 0 Å². The number of ether oxygens (including phenoxy) is 1. The molecular weight excluding hydrogens is 458 g/mol. The lowest BCUT2D eigenvalue weighted by Gasteiger charge is -2.37. The van der Waals surface area contributed by atoms with Crippen LogP contribution in [0.4, 0.5) is 0 Å². The van der Waals surface area contributed by atoms with Crippen molar-refractivity contribution in [1.29, 1.82) is 0 Å². The summed E-state index contributed by atoms with van der Waals surface area (Å²) in [5.74, 6) is -0.383. The zero-order valence-electron chi connectivity index (χ0n) is 20.9. The summed E-state index contributed by atoms with van der Waals surface area (Å²) in [4.78, 5) is 34.9. The van der Waals surface area contributed by atoms with Crippen LogP contribution in [0.5, 0.6) is 0 Å². The van der Waals surface area contributed by atoms with Gasteiger partial charge in [-0.15, -0.1) is 0 Å². The standard InChI is InChI=1S/C28H31N3O3S/c1-6-23-25(27(33)34-5)26(22-14-18(2)12-13-19(22)3)31-21(17-35-28(31)29-23)15-24(32)30(4)16-20-10-8-7-9-11-20/h7-14,17,26H,6,15-16H2,1-5H3/t26-/m0/s1. The Morgan fingerprint density at radius 3 is 2.57 bits per heavy atom. The molecule has 2 aromatic carbocycles. The highest BCUT2D eigenvalue weighted by Crippen LogP contribution is 2.46. The number of aryl methyl sites for hydroxylation is 2. The van der Waals surface area contributed by atoms with E-state index in [0.717, 1.165) is 38.8 Å². The number of rotatable bonds is 7. The molecule has 0 saturated carbocycles. The molecule has 6 nitrogen and oxygen atoms in total. The van der Waals surface area contributed by atoms with E-state index in [1.165, 1.54) is 18.9 Å². The molecule has 2 aliphatic rings. The summed E-state index contributed by atoms with van der Waals surface area (Å²) in [5, 5.41) is 2.77. The predicted molar refractivity (Wildman–Crippen MR) is 140 cm³/mol. The predicted octanol–water partition coefficient (Wildman–Crippen LogP) is 5.49. The van der Waals surface area contributed by atoms with E-state index in [1.807, 2.05) is 68.5 Å². The summed E-state index contributed by atoms with van der Waals surface area (Å²) in [6.07, 6.45) is 0.824. The van der Waals surface area contributed by atoms with E-state index in [2.05, 4.69) is 18.2 Å². The number of esters is 1. The fourth-order valence-electron chi connectivity index (χ4n) is 4.50. The summed E-state index contributed by atoms with van der Waals surface area (Å²) in [7, 11) is 3.22. The Bertz CT molecular complexity index is 1230. The quantitative estimate of drug-likeness (QED) is 0.481. The van der Waals surface area contributed by atoms with Gasteiger partial charge in [-0.3, -0.25) is 4.79 Å². The molecule has 0 unspecified atom stereocenters. The molecule has 182 valence electrons. The number of nitrogens with zero attached hydrogens (tertiary/aromatic N) is 3. The molecule has 2 heterocycles. The minimum Gasteiger partial charge on any atom is -0.466 e.